The number of pyridine rings is 1. The Bertz CT molecular complexity index is 1390. The molecule has 8 nitrogen and oxygen atoms in total. The van der Waals surface area contributed by atoms with Gasteiger partial charge in [-0.25, -0.2) is 4.98 Å². The van der Waals surface area contributed by atoms with Gasteiger partial charge in [0, 0.05) is 55.3 Å². The van der Waals surface area contributed by atoms with Crippen molar-refractivity contribution in [2.75, 3.05) is 46.3 Å². The number of ether oxygens (including phenoxy) is 3. The number of nitrogens with one attached hydrogen (secondary N) is 1. The number of hydroxylamine groups is 1. The Morgan fingerprint density at radius 2 is 1.84 bits per heavy atom. The lowest BCUT2D eigenvalue weighted by molar-refractivity contribution is 0.0603. The fourth-order valence-electron chi connectivity index (χ4n) is 4.50. The highest BCUT2D eigenvalue weighted by molar-refractivity contribution is 9.11. The molecule has 0 unspecified atom stereocenters. The molecule has 2 aliphatic rings. The molecule has 2 aromatic rings. The predicted molar refractivity (Wildman–Crippen MR) is 188 cm³/mol. The average molecular weight is 682 g/mol. The summed E-state index contributed by atoms with van der Waals surface area (Å²) in [5.74, 6) is 8.65. The van der Waals surface area contributed by atoms with Crippen molar-refractivity contribution in [1.82, 2.24) is 15.4 Å². The molecule has 0 spiro atoms. The Hall–Kier alpha value is -3.71. The maximum absolute atomic E-state index is 5.67. The van der Waals surface area contributed by atoms with Crippen LogP contribution in [0.2, 0.25) is 0 Å². The van der Waals surface area contributed by atoms with E-state index in [-0.39, 0.29) is 0 Å². The Balaban J connectivity index is 0.000000287. The molecular formula is C36H49BrN4O4. The van der Waals surface area contributed by atoms with Crippen LogP contribution in [0.4, 0.5) is 5.82 Å². The van der Waals surface area contributed by atoms with E-state index >= 15 is 0 Å². The van der Waals surface area contributed by atoms with E-state index in [1.54, 1.807) is 20.4 Å². The molecule has 3 heterocycles. The molecule has 45 heavy (non-hydrogen) atoms. The summed E-state index contributed by atoms with van der Waals surface area (Å²) in [6, 6.07) is 7.84. The number of aromatic nitrogens is 1. The third-order valence-electron chi connectivity index (χ3n) is 6.82. The number of aryl methyl sites for hydroxylation is 3. The fourth-order valence-corrected chi connectivity index (χ4v) is 5.13. The molecule has 3 N–H and O–H groups in total. The van der Waals surface area contributed by atoms with Gasteiger partial charge in [0.1, 0.15) is 5.82 Å². The summed E-state index contributed by atoms with van der Waals surface area (Å²) in [5.41, 5.74) is 13.9. The van der Waals surface area contributed by atoms with Crippen LogP contribution in [0, 0.1) is 38.5 Å². The van der Waals surface area contributed by atoms with Gasteiger partial charge in [0.05, 0.1) is 26.5 Å². The maximum atomic E-state index is 5.67. The lowest BCUT2D eigenvalue weighted by atomic mass is 9.99. The molecule has 1 aromatic carbocycles. The van der Waals surface area contributed by atoms with Gasteiger partial charge in [0.15, 0.2) is 11.5 Å². The van der Waals surface area contributed by atoms with Crippen molar-refractivity contribution >= 4 is 21.7 Å². The molecule has 0 amide bonds. The third kappa shape index (κ3) is 14.7. The summed E-state index contributed by atoms with van der Waals surface area (Å²) in [5, 5.41) is 0. The first-order chi connectivity index (χ1) is 21.7. The lowest BCUT2D eigenvalue weighted by Gasteiger charge is -2.29. The Labute approximate surface area is 278 Å². The third-order valence-corrected chi connectivity index (χ3v) is 7.31. The number of hydrogen-bond acceptors (Lipinski definition) is 8. The summed E-state index contributed by atoms with van der Waals surface area (Å²) in [6.07, 6.45) is 15.0. The summed E-state index contributed by atoms with van der Waals surface area (Å²) >= 11 is 3.65. The normalized spacial score (nSPS) is 14.9. The molecule has 0 bridgehead atoms. The van der Waals surface area contributed by atoms with E-state index in [9.17, 15) is 0 Å². The topological polar surface area (TPSA) is 91.1 Å². The van der Waals surface area contributed by atoms with Crippen molar-refractivity contribution in [3.8, 4) is 23.3 Å². The van der Waals surface area contributed by atoms with Crippen LogP contribution in [0.1, 0.15) is 49.8 Å². The number of nitrogen functional groups attached to an aromatic ring is 1. The van der Waals surface area contributed by atoms with Crippen LogP contribution in [0.3, 0.4) is 0 Å². The number of methoxy groups -OCH3 is 2. The minimum atomic E-state index is 0.529. The van der Waals surface area contributed by atoms with Crippen LogP contribution in [0.25, 0.3) is 0 Å². The number of benzene rings is 1. The number of allylic oxidation sites excluding steroid dienone is 4. The van der Waals surface area contributed by atoms with Gasteiger partial charge >= 0.3 is 0 Å². The molecule has 9 heteroatoms. The molecule has 1 saturated heterocycles. The minimum Gasteiger partial charge on any atom is -0.493 e. The zero-order valence-electron chi connectivity index (χ0n) is 27.8. The minimum absolute atomic E-state index is 0.529. The van der Waals surface area contributed by atoms with Gasteiger partial charge in [-0.15, -0.1) is 5.92 Å². The highest BCUT2D eigenvalue weighted by Crippen LogP contribution is 2.27. The fraction of sp³-hybridized carbons (Fsp3) is 0.417. The van der Waals surface area contributed by atoms with Crippen molar-refractivity contribution in [1.29, 1.82) is 0 Å². The number of rotatable bonds is 9. The zero-order chi connectivity index (χ0) is 33.0. The van der Waals surface area contributed by atoms with Gasteiger partial charge in [0.2, 0.25) is 0 Å². The van der Waals surface area contributed by atoms with E-state index < -0.39 is 0 Å². The first kappa shape index (κ1) is 37.5. The summed E-state index contributed by atoms with van der Waals surface area (Å²) in [6.45, 7) is 13.1. The monoisotopic (exact) mass is 680 g/mol. The van der Waals surface area contributed by atoms with E-state index in [2.05, 4.69) is 55.5 Å². The van der Waals surface area contributed by atoms with Crippen molar-refractivity contribution in [3.63, 3.8) is 0 Å². The molecule has 4 rings (SSSR count). The maximum Gasteiger partial charge on any atom is 0.160 e. The van der Waals surface area contributed by atoms with E-state index in [0.717, 1.165) is 67.3 Å². The largest absolute Gasteiger partial charge is 0.493 e. The van der Waals surface area contributed by atoms with Gasteiger partial charge in [-0.1, -0.05) is 40.1 Å². The number of halogens is 1. The first-order valence-electron chi connectivity index (χ1n) is 15.1. The molecular weight excluding hydrogens is 632 g/mol. The average Bonchev–Trinajstić information content (AvgIpc) is 3.02. The first-order valence-corrected chi connectivity index (χ1v) is 15.9. The summed E-state index contributed by atoms with van der Waals surface area (Å²) in [7, 11) is 3.27. The van der Waals surface area contributed by atoms with Gasteiger partial charge in [-0.05, 0) is 93.9 Å². The number of hydrogen-bond donors (Lipinski definition) is 2. The molecule has 0 saturated carbocycles. The second-order valence-electron chi connectivity index (χ2n) is 10.8. The van der Waals surface area contributed by atoms with Crippen molar-refractivity contribution in [2.24, 2.45) is 5.92 Å². The molecule has 2 aliphatic heterocycles. The standard InChI is InChI=1S/C20H27BrN2O2.C9H12O2.C7H10N2/c1-3-5-7-20(6-4-2)22-25-16-18-12-19(21)15-23(14-18)13-17-8-10-24-11-9-17;1-7-4-5-8(10-2)9(6-7)11-3;1-5-3-6(2)7(8)9-4-5/h4,6-7,14-15,17,22H,8-13,16H2,1-2H3;4-6H,1-3H3;3-4H,1-2H3,(H2,8,9)/b6-4-,20-7+;;. The van der Waals surface area contributed by atoms with Crippen LogP contribution < -0.4 is 20.7 Å². The smallest absolute Gasteiger partial charge is 0.160 e. The molecule has 244 valence electrons. The molecule has 0 atom stereocenters. The van der Waals surface area contributed by atoms with E-state index in [1.807, 2.05) is 77.1 Å². The van der Waals surface area contributed by atoms with Crippen LogP contribution in [-0.4, -0.2) is 50.5 Å². The molecule has 0 radical (unpaired) electrons. The number of anilines is 1. The second kappa shape index (κ2) is 21.1. The van der Waals surface area contributed by atoms with E-state index in [0.29, 0.717) is 18.3 Å². The lowest BCUT2D eigenvalue weighted by Crippen LogP contribution is -2.28. The van der Waals surface area contributed by atoms with Crippen molar-refractivity contribution in [3.05, 3.63) is 93.5 Å². The van der Waals surface area contributed by atoms with Crippen LogP contribution in [0.15, 0.2) is 76.8 Å². The molecule has 1 aromatic heterocycles. The summed E-state index contributed by atoms with van der Waals surface area (Å²) < 4.78 is 16.8. The Morgan fingerprint density at radius 1 is 1.11 bits per heavy atom. The zero-order valence-corrected chi connectivity index (χ0v) is 29.4. The Morgan fingerprint density at radius 3 is 2.47 bits per heavy atom. The van der Waals surface area contributed by atoms with Gasteiger partial charge in [-0.3, -0.25) is 10.3 Å². The Kier molecular flexibility index (Phi) is 17.6. The van der Waals surface area contributed by atoms with E-state index in [1.165, 1.54) is 15.6 Å². The van der Waals surface area contributed by atoms with Crippen LogP contribution in [-0.2, 0) is 9.57 Å². The summed E-state index contributed by atoms with van der Waals surface area (Å²) in [4.78, 5) is 11.9. The molecule has 1 fully saturated rings. The van der Waals surface area contributed by atoms with Gasteiger partial charge < -0.3 is 24.8 Å². The highest BCUT2D eigenvalue weighted by atomic mass is 79.9. The predicted octanol–water partition coefficient (Wildman–Crippen LogP) is 7.54. The molecule has 0 aliphatic carbocycles. The quantitative estimate of drug-likeness (QED) is 0.160. The van der Waals surface area contributed by atoms with Crippen molar-refractivity contribution < 1.29 is 19.0 Å². The van der Waals surface area contributed by atoms with Gasteiger partial charge in [0.25, 0.3) is 0 Å². The number of nitrogens with two attached hydrogens (primary N) is 1. The number of nitrogens with zero attached hydrogens (tertiary/aromatic N) is 2. The SMILES string of the molecule is CC#C/C=C(\C=C/C)NOCC1=CN(CC2CCOCC2)C=C(Br)C1.COc1ccc(C)cc1OC.Cc1cnc(N)c(C)c1. The second-order valence-corrected chi connectivity index (χ2v) is 11.8. The highest BCUT2D eigenvalue weighted by Gasteiger charge is 2.18. The van der Waals surface area contributed by atoms with E-state index in [4.69, 9.17) is 24.8 Å². The van der Waals surface area contributed by atoms with Gasteiger partial charge in [-0.2, -0.15) is 0 Å². The van der Waals surface area contributed by atoms with Crippen LogP contribution >= 0.6 is 15.9 Å². The van der Waals surface area contributed by atoms with Crippen molar-refractivity contribution in [2.45, 2.75) is 53.9 Å². The van der Waals surface area contributed by atoms with Crippen LogP contribution in [0.5, 0.6) is 11.5 Å².